The lowest BCUT2D eigenvalue weighted by Crippen LogP contribution is -2.45. The van der Waals surface area contributed by atoms with E-state index in [4.69, 9.17) is 9.47 Å². The summed E-state index contributed by atoms with van der Waals surface area (Å²) in [6.45, 7) is 6.54. The van der Waals surface area contributed by atoms with Gasteiger partial charge in [-0.3, -0.25) is 4.90 Å². The molecule has 2 rings (SSSR count). The van der Waals surface area contributed by atoms with Crippen LogP contribution in [0.2, 0.25) is 0 Å². The summed E-state index contributed by atoms with van der Waals surface area (Å²) in [5.74, 6) is 1.86. The number of halogens is 2. The van der Waals surface area contributed by atoms with Gasteiger partial charge in [0.2, 0.25) is 0 Å². The summed E-state index contributed by atoms with van der Waals surface area (Å²) in [6.07, 6.45) is 2.30. The van der Waals surface area contributed by atoms with Crippen LogP contribution in [0.4, 0.5) is 0 Å². The zero-order chi connectivity index (χ0) is 14.4. The molecule has 0 saturated carbocycles. The summed E-state index contributed by atoms with van der Waals surface area (Å²) in [5.41, 5.74) is 1.25. The number of rotatable bonds is 6. The smallest absolute Gasteiger partial charge is 0.123 e. The van der Waals surface area contributed by atoms with Crippen LogP contribution in [-0.4, -0.2) is 45.3 Å². The number of methoxy groups -OCH3 is 2. The standard InChI is InChI=1S/C16H26N2O2.2ClH/c1-4-5-15(18-10-8-17-9-11-18)14-12-13(19-2)6-7-16(14)20-3;;/h6-7,12,15,17H,4-5,8-11H2,1-3H3;2*1H/t15-;;/m1../s1. The number of piperazine rings is 1. The van der Waals surface area contributed by atoms with E-state index in [2.05, 4.69) is 23.2 Å². The van der Waals surface area contributed by atoms with Crippen LogP contribution >= 0.6 is 24.8 Å². The molecule has 1 aromatic carbocycles. The maximum atomic E-state index is 5.57. The summed E-state index contributed by atoms with van der Waals surface area (Å²) >= 11 is 0. The number of hydrogen-bond donors (Lipinski definition) is 1. The Hall–Kier alpha value is -0.680. The van der Waals surface area contributed by atoms with Gasteiger partial charge in [-0.25, -0.2) is 0 Å². The lowest BCUT2D eigenvalue weighted by molar-refractivity contribution is 0.161. The van der Waals surface area contributed by atoms with Gasteiger partial charge >= 0.3 is 0 Å². The van der Waals surface area contributed by atoms with E-state index in [0.717, 1.165) is 50.5 Å². The fourth-order valence-electron chi connectivity index (χ4n) is 2.90. The van der Waals surface area contributed by atoms with Crippen molar-refractivity contribution < 1.29 is 9.47 Å². The van der Waals surface area contributed by atoms with Crippen molar-refractivity contribution in [3.8, 4) is 11.5 Å². The molecule has 1 N–H and O–H groups in total. The van der Waals surface area contributed by atoms with Gasteiger partial charge in [0.05, 0.1) is 14.2 Å². The maximum Gasteiger partial charge on any atom is 0.123 e. The Kier molecular flexibility index (Phi) is 10.6. The predicted octanol–water partition coefficient (Wildman–Crippen LogP) is 3.29. The Morgan fingerprint density at radius 3 is 2.36 bits per heavy atom. The second-order valence-corrected chi connectivity index (χ2v) is 5.20. The highest BCUT2D eigenvalue weighted by molar-refractivity contribution is 5.85. The molecule has 0 amide bonds. The normalized spacial score (nSPS) is 16.1. The molecule has 0 bridgehead atoms. The molecule has 1 heterocycles. The number of nitrogens with zero attached hydrogens (tertiary/aromatic N) is 1. The molecule has 6 heteroatoms. The van der Waals surface area contributed by atoms with Crippen LogP contribution in [0.15, 0.2) is 18.2 Å². The fraction of sp³-hybridized carbons (Fsp3) is 0.625. The molecule has 1 aliphatic rings. The first-order valence-corrected chi connectivity index (χ1v) is 7.46. The van der Waals surface area contributed by atoms with E-state index in [1.165, 1.54) is 5.56 Å². The van der Waals surface area contributed by atoms with Crippen LogP contribution < -0.4 is 14.8 Å². The predicted molar refractivity (Wildman–Crippen MR) is 96.1 cm³/mol. The lowest BCUT2D eigenvalue weighted by atomic mass is 9.98. The number of ether oxygens (including phenoxy) is 2. The summed E-state index contributed by atoms with van der Waals surface area (Å²) in [5, 5.41) is 3.42. The van der Waals surface area contributed by atoms with E-state index < -0.39 is 0 Å². The maximum absolute atomic E-state index is 5.57. The SMILES string of the molecule is CCC[C@H](c1cc(OC)ccc1OC)N1CCNCC1.Cl.Cl. The van der Waals surface area contributed by atoms with Gasteiger partial charge in [-0.15, -0.1) is 24.8 Å². The Morgan fingerprint density at radius 2 is 1.82 bits per heavy atom. The number of hydrogen-bond acceptors (Lipinski definition) is 4. The van der Waals surface area contributed by atoms with Gasteiger partial charge < -0.3 is 14.8 Å². The minimum Gasteiger partial charge on any atom is -0.497 e. The van der Waals surface area contributed by atoms with Crippen molar-refractivity contribution in [1.82, 2.24) is 10.2 Å². The molecule has 1 aromatic rings. The minimum absolute atomic E-state index is 0. The van der Waals surface area contributed by atoms with Gasteiger partial charge in [-0.2, -0.15) is 0 Å². The fourth-order valence-corrected chi connectivity index (χ4v) is 2.90. The quantitative estimate of drug-likeness (QED) is 0.853. The topological polar surface area (TPSA) is 33.7 Å². The van der Waals surface area contributed by atoms with Crippen molar-refractivity contribution in [3.63, 3.8) is 0 Å². The largest absolute Gasteiger partial charge is 0.497 e. The van der Waals surface area contributed by atoms with Gasteiger partial charge in [0.1, 0.15) is 11.5 Å². The van der Waals surface area contributed by atoms with Crippen molar-refractivity contribution in [2.75, 3.05) is 40.4 Å². The third-order valence-corrected chi connectivity index (χ3v) is 3.95. The van der Waals surface area contributed by atoms with Crippen molar-refractivity contribution in [2.24, 2.45) is 0 Å². The van der Waals surface area contributed by atoms with Crippen molar-refractivity contribution in [3.05, 3.63) is 23.8 Å². The Bertz CT molecular complexity index is 427. The zero-order valence-corrected chi connectivity index (χ0v) is 15.3. The van der Waals surface area contributed by atoms with E-state index in [9.17, 15) is 0 Å². The lowest BCUT2D eigenvalue weighted by Gasteiger charge is -2.35. The highest BCUT2D eigenvalue weighted by Crippen LogP contribution is 2.35. The zero-order valence-electron chi connectivity index (χ0n) is 13.6. The number of benzene rings is 1. The molecule has 4 nitrogen and oxygen atoms in total. The minimum atomic E-state index is 0. The Labute approximate surface area is 146 Å². The molecule has 0 unspecified atom stereocenters. The van der Waals surface area contributed by atoms with Gasteiger partial charge in [0, 0.05) is 37.8 Å². The highest BCUT2D eigenvalue weighted by atomic mass is 35.5. The van der Waals surface area contributed by atoms with Gasteiger partial charge in [-0.05, 0) is 24.6 Å². The second-order valence-electron chi connectivity index (χ2n) is 5.20. The Balaban J connectivity index is 0.00000220. The van der Waals surface area contributed by atoms with Gasteiger partial charge in [0.15, 0.2) is 0 Å². The van der Waals surface area contributed by atoms with E-state index in [0.29, 0.717) is 6.04 Å². The molecule has 1 aliphatic heterocycles. The van der Waals surface area contributed by atoms with E-state index in [1.54, 1.807) is 14.2 Å². The first-order chi connectivity index (χ1) is 9.80. The molecule has 0 aromatic heterocycles. The summed E-state index contributed by atoms with van der Waals surface area (Å²) < 4.78 is 10.9. The van der Waals surface area contributed by atoms with Crippen LogP contribution in [0.25, 0.3) is 0 Å². The average Bonchev–Trinajstić information content (AvgIpc) is 2.53. The molecule has 22 heavy (non-hydrogen) atoms. The van der Waals surface area contributed by atoms with E-state index >= 15 is 0 Å². The molecule has 0 aliphatic carbocycles. The Morgan fingerprint density at radius 1 is 1.14 bits per heavy atom. The average molecular weight is 351 g/mol. The third kappa shape index (κ3) is 5.20. The van der Waals surface area contributed by atoms with E-state index in [1.807, 2.05) is 12.1 Å². The summed E-state index contributed by atoms with van der Waals surface area (Å²) in [4.78, 5) is 2.55. The first-order valence-electron chi connectivity index (χ1n) is 7.46. The van der Waals surface area contributed by atoms with Crippen LogP contribution in [0.3, 0.4) is 0 Å². The van der Waals surface area contributed by atoms with Gasteiger partial charge in [0.25, 0.3) is 0 Å². The van der Waals surface area contributed by atoms with Crippen LogP contribution in [-0.2, 0) is 0 Å². The monoisotopic (exact) mass is 350 g/mol. The molecule has 0 radical (unpaired) electrons. The van der Waals surface area contributed by atoms with Crippen LogP contribution in [0.5, 0.6) is 11.5 Å². The van der Waals surface area contributed by atoms with E-state index in [-0.39, 0.29) is 24.8 Å². The van der Waals surface area contributed by atoms with Crippen molar-refractivity contribution in [2.45, 2.75) is 25.8 Å². The third-order valence-electron chi connectivity index (χ3n) is 3.95. The van der Waals surface area contributed by atoms with Crippen LogP contribution in [0.1, 0.15) is 31.4 Å². The number of nitrogens with one attached hydrogen (secondary N) is 1. The first kappa shape index (κ1) is 21.3. The molecule has 1 fully saturated rings. The van der Waals surface area contributed by atoms with Gasteiger partial charge in [-0.1, -0.05) is 13.3 Å². The molecule has 1 saturated heterocycles. The molecular weight excluding hydrogens is 323 g/mol. The second kappa shape index (κ2) is 10.9. The molecular formula is C16H28Cl2N2O2. The molecule has 128 valence electrons. The van der Waals surface area contributed by atoms with Crippen LogP contribution in [0, 0.1) is 0 Å². The van der Waals surface area contributed by atoms with Crippen molar-refractivity contribution in [1.29, 1.82) is 0 Å². The van der Waals surface area contributed by atoms with Crippen molar-refractivity contribution >= 4 is 24.8 Å². The summed E-state index contributed by atoms with van der Waals surface area (Å²) in [6, 6.07) is 6.51. The molecule has 1 atom stereocenters. The summed E-state index contributed by atoms with van der Waals surface area (Å²) in [7, 11) is 3.46. The highest BCUT2D eigenvalue weighted by Gasteiger charge is 2.24. The molecule has 0 spiro atoms.